The Morgan fingerprint density at radius 1 is 0.459 bits per heavy atom. The number of nitrogens with zero attached hydrogens (tertiary/aromatic N) is 2. The minimum Gasteiger partial charge on any atom is -0.542 e. The van der Waals surface area contributed by atoms with Gasteiger partial charge in [0, 0.05) is 0 Å². The number of carbonyl (C=O) groups excluding carboxylic acids is 4. The molecule has 0 heterocycles. The van der Waals surface area contributed by atoms with Gasteiger partial charge in [-0.2, -0.15) is 26.3 Å². The van der Waals surface area contributed by atoms with Crippen LogP contribution in [-0.4, -0.2) is 135 Å². The van der Waals surface area contributed by atoms with Crippen molar-refractivity contribution in [3.8, 4) is 0 Å². The highest BCUT2D eigenvalue weighted by atomic mass is 19.4. The lowest BCUT2D eigenvalue weighted by Crippen LogP contribution is -2.59. The van der Waals surface area contributed by atoms with E-state index in [-0.39, 0.29) is 25.2 Å². The first-order chi connectivity index (χ1) is 28.6. The average Bonchev–Trinajstić information content (AvgIpc) is 3.19. The van der Waals surface area contributed by atoms with Gasteiger partial charge in [-0.3, -0.25) is 0 Å². The number of methoxy groups -OCH3 is 2. The molecule has 4 atom stereocenters. The monoisotopic (exact) mass is 899 g/mol. The van der Waals surface area contributed by atoms with Crippen molar-refractivity contribution in [1.29, 1.82) is 0 Å². The van der Waals surface area contributed by atoms with E-state index in [0.29, 0.717) is 8.97 Å². The van der Waals surface area contributed by atoms with Crippen molar-refractivity contribution < 1.29 is 84.4 Å². The van der Waals surface area contributed by atoms with Crippen molar-refractivity contribution in [2.75, 3.05) is 67.7 Å². The smallest absolute Gasteiger partial charge is 0.430 e. The summed E-state index contributed by atoms with van der Waals surface area (Å²) in [6.07, 6.45) is 17.7. The summed E-state index contributed by atoms with van der Waals surface area (Å²) in [7, 11) is 7.00. The number of aliphatic carboxylic acids is 2. The zero-order valence-electron chi connectivity index (χ0n) is 38.0. The first kappa shape index (κ1) is 62.6. The van der Waals surface area contributed by atoms with Gasteiger partial charge in [0.2, 0.25) is 12.1 Å². The normalized spacial score (nSPS) is 14.5. The molecule has 0 aromatic carbocycles. The number of aliphatic hydroxyl groups is 2. The van der Waals surface area contributed by atoms with Crippen molar-refractivity contribution in [2.45, 2.75) is 186 Å². The number of alkyl halides is 6. The molecule has 2 N–H and O–H groups in total. The van der Waals surface area contributed by atoms with E-state index in [1.54, 1.807) is 0 Å². The number of rotatable bonds is 34. The highest BCUT2D eigenvalue weighted by Gasteiger charge is 2.40. The summed E-state index contributed by atoms with van der Waals surface area (Å²) in [5.74, 6) is -6.70. The summed E-state index contributed by atoms with van der Waals surface area (Å²) in [6.45, 7) is 7.35. The molecule has 0 radical (unpaired) electrons. The lowest BCUT2D eigenvalue weighted by Gasteiger charge is -2.40. The number of esters is 2. The average molecular weight is 899 g/mol. The second-order valence-corrected chi connectivity index (χ2v) is 16.3. The second-order valence-electron chi connectivity index (χ2n) is 16.3. The number of halogens is 6. The van der Waals surface area contributed by atoms with Crippen LogP contribution in [0.1, 0.15) is 162 Å². The molecule has 0 fully saturated rings. The first-order valence-corrected chi connectivity index (χ1v) is 22.2. The number of aliphatic hydroxyl groups excluding tert-OH is 2. The van der Waals surface area contributed by atoms with E-state index in [4.69, 9.17) is 29.3 Å². The van der Waals surface area contributed by atoms with E-state index < -0.39 is 36.4 Å². The van der Waals surface area contributed by atoms with E-state index >= 15 is 0 Å². The Morgan fingerprint density at radius 3 is 0.803 bits per heavy atom. The van der Waals surface area contributed by atoms with Gasteiger partial charge < -0.3 is 48.5 Å². The minimum absolute atomic E-state index is 0.216. The number of hydrogen-bond acceptors (Lipinski definition) is 10. The second kappa shape index (κ2) is 36.8. The maximum atomic E-state index is 12.7. The third-order valence-electron chi connectivity index (χ3n) is 11.1. The molecule has 18 heteroatoms. The van der Waals surface area contributed by atoms with Crippen LogP contribution in [-0.2, 0) is 28.7 Å². The SMILES string of the molecule is CCCCCCCCCCCC[N+](C)(CCCCC[N+](C)(CCCCCCCCCCCC)[C@@H](CO)C(=O)OC)[C@@H](CO)C(=O)OC.O=C([O-])C(F)(F)F.O=C([O-])C(F)(F)F. The molecular weight excluding hydrogens is 818 g/mol. The van der Waals surface area contributed by atoms with Crippen LogP contribution >= 0.6 is 0 Å². The fraction of sp³-hybridized carbons (Fsp3) is 0.907. The molecule has 0 aliphatic heterocycles. The van der Waals surface area contributed by atoms with Gasteiger partial charge in [-0.05, 0) is 44.9 Å². The Hall–Kier alpha value is -2.70. The van der Waals surface area contributed by atoms with Gasteiger partial charge in [0.05, 0.1) is 54.5 Å². The third-order valence-corrected chi connectivity index (χ3v) is 11.1. The number of unbranched alkanes of at least 4 members (excludes halogenated alkanes) is 20. The van der Waals surface area contributed by atoms with Gasteiger partial charge in [-0.1, -0.05) is 117 Å². The Bertz CT molecular complexity index is 1050. The molecule has 364 valence electrons. The largest absolute Gasteiger partial charge is 0.542 e. The van der Waals surface area contributed by atoms with E-state index in [1.165, 1.54) is 117 Å². The molecule has 61 heavy (non-hydrogen) atoms. The van der Waals surface area contributed by atoms with Gasteiger partial charge in [0.15, 0.2) is 0 Å². The predicted molar refractivity (Wildman–Crippen MR) is 217 cm³/mol. The summed E-state index contributed by atoms with van der Waals surface area (Å²) >= 11 is 0. The van der Waals surface area contributed by atoms with Crippen LogP contribution in [0.4, 0.5) is 26.3 Å². The fourth-order valence-electron chi connectivity index (χ4n) is 7.21. The zero-order valence-corrected chi connectivity index (χ0v) is 38.0. The molecule has 0 aliphatic rings. The van der Waals surface area contributed by atoms with Gasteiger partial charge in [-0.15, -0.1) is 0 Å². The molecular formula is C43H80F6N2O10. The zero-order chi connectivity index (χ0) is 47.4. The van der Waals surface area contributed by atoms with Crippen LogP contribution in [0.2, 0.25) is 0 Å². The van der Waals surface area contributed by atoms with Crippen molar-refractivity contribution in [1.82, 2.24) is 0 Å². The van der Waals surface area contributed by atoms with Crippen LogP contribution in [0.3, 0.4) is 0 Å². The van der Waals surface area contributed by atoms with Gasteiger partial charge in [-0.25, -0.2) is 9.59 Å². The number of carboxylic acids is 2. The minimum atomic E-state index is -5.19. The molecule has 0 saturated heterocycles. The molecule has 0 amide bonds. The molecule has 0 rings (SSSR count). The maximum Gasteiger partial charge on any atom is 0.430 e. The predicted octanol–water partition coefficient (Wildman–Crippen LogP) is 6.56. The van der Waals surface area contributed by atoms with Crippen LogP contribution < -0.4 is 10.2 Å². The van der Waals surface area contributed by atoms with Crippen molar-refractivity contribution in [3.05, 3.63) is 0 Å². The highest BCUT2D eigenvalue weighted by Crippen LogP contribution is 2.22. The highest BCUT2D eigenvalue weighted by molar-refractivity contribution is 5.75. The molecule has 0 aromatic rings. The number of hydrogen-bond donors (Lipinski definition) is 2. The quantitative estimate of drug-likeness (QED) is 0.0312. The Morgan fingerprint density at radius 2 is 0.639 bits per heavy atom. The van der Waals surface area contributed by atoms with Crippen LogP contribution in [0.5, 0.6) is 0 Å². The van der Waals surface area contributed by atoms with Crippen molar-refractivity contribution in [3.63, 3.8) is 0 Å². The molecule has 0 saturated carbocycles. The molecule has 0 aromatic heterocycles. The van der Waals surface area contributed by atoms with Crippen LogP contribution in [0.25, 0.3) is 0 Å². The fourth-order valence-corrected chi connectivity index (χ4v) is 7.21. The Kier molecular flexibility index (Phi) is 37.7. The van der Waals surface area contributed by atoms with E-state index in [0.717, 1.165) is 71.1 Å². The lowest BCUT2D eigenvalue weighted by molar-refractivity contribution is -0.928. The van der Waals surface area contributed by atoms with E-state index in [2.05, 4.69) is 27.9 Å². The summed E-state index contributed by atoms with van der Waals surface area (Å²) in [5, 5.41) is 38.0. The lowest BCUT2D eigenvalue weighted by atomic mass is 10.0. The summed E-state index contributed by atoms with van der Waals surface area (Å²) in [6, 6.07) is -1.15. The summed E-state index contributed by atoms with van der Waals surface area (Å²) < 4.78 is 74.3. The number of quaternary nitrogens is 2. The van der Waals surface area contributed by atoms with Gasteiger partial charge in [0.1, 0.15) is 25.2 Å². The number of carboxylic acid groups (broad SMARTS) is 2. The first-order valence-electron chi connectivity index (χ1n) is 22.2. The summed E-state index contributed by atoms with van der Waals surface area (Å²) in [4.78, 5) is 42.9. The molecule has 0 aliphatic carbocycles. The van der Waals surface area contributed by atoms with Gasteiger partial charge >= 0.3 is 24.3 Å². The Labute approximate surface area is 361 Å². The standard InChI is InChI=1S/C39H80N2O6.2C2HF3O2/c1-7-9-11-13-15-17-19-21-23-26-30-40(3,36(34-42)38(44)46-5)32-28-25-29-33-41(4,37(35-43)39(45)47-6)31-27-24-22-20-18-16-14-12-10-8-2;2*3-2(4,5)1(6)7/h36-37,42-43H,7-35H2,1-6H3;2*(H,6,7)/q+2;;/p-2/t36-,37-,40?,41?;;/m0../s1. The van der Waals surface area contributed by atoms with Gasteiger partial charge in [0.25, 0.3) is 0 Å². The number of carbonyl (C=O) groups is 4. The summed E-state index contributed by atoms with van der Waals surface area (Å²) in [5.41, 5.74) is 0. The topological polar surface area (TPSA) is 173 Å². The van der Waals surface area contributed by atoms with E-state index in [1.807, 2.05) is 0 Å². The molecule has 2 unspecified atom stereocenters. The maximum absolute atomic E-state index is 12.7. The van der Waals surface area contributed by atoms with E-state index in [9.17, 15) is 46.1 Å². The number of ether oxygens (including phenoxy) is 2. The Balaban J connectivity index is -0.00000203. The molecule has 0 spiro atoms. The van der Waals surface area contributed by atoms with Crippen LogP contribution in [0.15, 0.2) is 0 Å². The third kappa shape index (κ3) is 32.6. The number of likely N-dealkylation sites (N-methyl/N-ethyl adjacent to an activating group) is 2. The van der Waals surface area contributed by atoms with Crippen LogP contribution in [0, 0.1) is 0 Å². The molecule has 12 nitrogen and oxygen atoms in total. The van der Waals surface area contributed by atoms with Crippen molar-refractivity contribution in [2.24, 2.45) is 0 Å². The molecule has 0 bridgehead atoms. The van der Waals surface area contributed by atoms with Crippen molar-refractivity contribution >= 4 is 23.9 Å².